The molecule has 1 aromatic heterocycles. The molecule has 0 saturated heterocycles. The predicted molar refractivity (Wildman–Crippen MR) is 60.7 cm³/mol. The van der Waals surface area contributed by atoms with Crippen LogP contribution in [0.4, 0.5) is 0 Å². The minimum atomic E-state index is -3.43. The zero-order chi connectivity index (χ0) is 12.7. The van der Waals surface area contributed by atoms with Crippen molar-refractivity contribution in [3.63, 3.8) is 0 Å². The molecule has 0 aromatic carbocycles. The maximum Gasteiger partial charge on any atom is 0.306 e. The second-order valence-corrected chi connectivity index (χ2v) is 5.29. The Hall–Kier alpha value is -1.41. The number of imidazole rings is 1. The lowest BCUT2D eigenvalue weighted by Crippen LogP contribution is -2.29. The maximum absolute atomic E-state index is 11.4. The molecule has 1 heterocycles. The van der Waals surface area contributed by atoms with Gasteiger partial charge in [0.25, 0.3) is 0 Å². The number of sulfonamides is 1. The number of carbonyl (C=O) groups excluding carboxylic acids is 1. The van der Waals surface area contributed by atoms with Gasteiger partial charge in [-0.1, -0.05) is 0 Å². The van der Waals surface area contributed by atoms with E-state index in [0.29, 0.717) is 6.42 Å². The number of rotatable bonds is 7. The summed E-state index contributed by atoms with van der Waals surface area (Å²) in [6, 6.07) is 0. The first-order chi connectivity index (χ1) is 8.03. The van der Waals surface area contributed by atoms with E-state index in [1.165, 1.54) is 13.4 Å². The van der Waals surface area contributed by atoms with Crippen LogP contribution >= 0.6 is 0 Å². The standard InChI is InChI=1S/C9H15N3O4S/c1-16-9(13)3-5-17(14,15)12-4-2-8-6-10-7-11-8/h6-7,12H,2-5H2,1H3,(H,10,11). The normalized spacial score (nSPS) is 11.4. The number of methoxy groups -OCH3 is 1. The molecule has 0 aliphatic heterocycles. The Bertz CT molecular complexity index is 441. The van der Waals surface area contributed by atoms with Crippen molar-refractivity contribution >= 4 is 16.0 Å². The molecule has 17 heavy (non-hydrogen) atoms. The molecule has 1 aromatic rings. The molecule has 1 rings (SSSR count). The number of carbonyl (C=O) groups is 1. The van der Waals surface area contributed by atoms with E-state index in [1.54, 1.807) is 6.20 Å². The average molecular weight is 261 g/mol. The Morgan fingerprint density at radius 1 is 1.59 bits per heavy atom. The third-order valence-corrected chi connectivity index (χ3v) is 3.46. The Labute approximate surface area is 99.6 Å². The fraction of sp³-hybridized carbons (Fsp3) is 0.556. The van der Waals surface area contributed by atoms with Gasteiger partial charge in [-0.05, 0) is 0 Å². The molecule has 0 amide bonds. The largest absolute Gasteiger partial charge is 0.469 e. The van der Waals surface area contributed by atoms with Crippen LogP contribution in [0.25, 0.3) is 0 Å². The van der Waals surface area contributed by atoms with E-state index in [9.17, 15) is 13.2 Å². The van der Waals surface area contributed by atoms with Gasteiger partial charge in [-0.25, -0.2) is 18.1 Å². The summed E-state index contributed by atoms with van der Waals surface area (Å²) in [6.45, 7) is 0.270. The molecule has 7 nitrogen and oxygen atoms in total. The van der Waals surface area contributed by atoms with Gasteiger partial charge in [0.05, 0.1) is 25.6 Å². The van der Waals surface area contributed by atoms with Crippen molar-refractivity contribution in [3.05, 3.63) is 18.2 Å². The minimum Gasteiger partial charge on any atom is -0.469 e. The van der Waals surface area contributed by atoms with Gasteiger partial charge in [0, 0.05) is 24.9 Å². The Balaban J connectivity index is 2.27. The molecule has 0 radical (unpaired) electrons. The number of aromatic amines is 1. The average Bonchev–Trinajstić information content (AvgIpc) is 2.79. The molecule has 0 fully saturated rings. The molecule has 96 valence electrons. The first-order valence-corrected chi connectivity index (χ1v) is 6.70. The van der Waals surface area contributed by atoms with Crippen molar-refractivity contribution in [3.8, 4) is 0 Å². The quantitative estimate of drug-likeness (QED) is 0.640. The molecule has 2 N–H and O–H groups in total. The molecule has 8 heteroatoms. The minimum absolute atomic E-state index is 0.143. The molecular formula is C9H15N3O4S. The monoisotopic (exact) mass is 261 g/mol. The zero-order valence-corrected chi connectivity index (χ0v) is 10.3. The number of hydrogen-bond donors (Lipinski definition) is 2. The number of ether oxygens (including phenoxy) is 1. The van der Waals surface area contributed by atoms with E-state index in [1.807, 2.05) is 0 Å². The predicted octanol–water partition coefficient (Wildman–Crippen LogP) is -0.565. The summed E-state index contributed by atoms with van der Waals surface area (Å²) in [6.07, 6.45) is 3.54. The van der Waals surface area contributed by atoms with Crippen LogP contribution in [0.2, 0.25) is 0 Å². The van der Waals surface area contributed by atoms with Crippen LogP contribution in [0.15, 0.2) is 12.5 Å². The first-order valence-electron chi connectivity index (χ1n) is 5.05. The third kappa shape index (κ3) is 5.45. The topological polar surface area (TPSA) is 101 Å². The van der Waals surface area contributed by atoms with Gasteiger partial charge >= 0.3 is 5.97 Å². The van der Waals surface area contributed by atoms with Crippen molar-refractivity contribution < 1.29 is 17.9 Å². The molecule has 0 aliphatic carbocycles. The highest BCUT2D eigenvalue weighted by molar-refractivity contribution is 7.89. The molecule has 0 aliphatic rings. The summed E-state index contributed by atoms with van der Waals surface area (Å²) in [5.41, 5.74) is 0.848. The van der Waals surface area contributed by atoms with Crippen LogP contribution in [-0.4, -0.2) is 43.8 Å². The summed E-state index contributed by atoms with van der Waals surface area (Å²) in [4.78, 5) is 17.5. The second kappa shape index (κ2) is 6.36. The van der Waals surface area contributed by atoms with Gasteiger partial charge in [-0.15, -0.1) is 0 Å². The maximum atomic E-state index is 11.4. The lowest BCUT2D eigenvalue weighted by atomic mass is 10.3. The van der Waals surface area contributed by atoms with Crippen molar-refractivity contribution in [2.45, 2.75) is 12.8 Å². The van der Waals surface area contributed by atoms with Crippen molar-refractivity contribution in [2.75, 3.05) is 19.4 Å². The van der Waals surface area contributed by atoms with Crippen LogP contribution in [0.3, 0.4) is 0 Å². The van der Waals surface area contributed by atoms with Gasteiger partial charge < -0.3 is 9.72 Å². The van der Waals surface area contributed by atoms with Crippen molar-refractivity contribution in [2.24, 2.45) is 0 Å². The number of aromatic nitrogens is 2. The molecule has 0 atom stereocenters. The number of H-pyrrole nitrogens is 1. The van der Waals surface area contributed by atoms with Gasteiger partial charge in [0.1, 0.15) is 0 Å². The highest BCUT2D eigenvalue weighted by atomic mass is 32.2. The van der Waals surface area contributed by atoms with Crippen molar-refractivity contribution in [1.82, 2.24) is 14.7 Å². The Morgan fingerprint density at radius 3 is 2.94 bits per heavy atom. The summed E-state index contributed by atoms with van der Waals surface area (Å²) in [5, 5.41) is 0. The summed E-state index contributed by atoms with van der Waals surface area (Å²) >= 11 is 0. The Kier molecular flexibility index (Phi) is 5.11. The first kappa shape index (κ1) is 13.7. The fourth-order valence-electron chi connectivity index (χ4n) is 1.15. The lowest BCUT2D eigenvalue weighted by Gasteiger charge is -2.05. The highest BCUT2D eigenvalue weighted by Crippen LogP contribution is 1.94. The van der Waals surface area contributed by atoms with E-state index in [-0.39, 0.29) is 18.7 Å². The third-order valence-electron chi connectivity index (χ3n) is 2.07. The smallest absolute Gasteiger partial charge is 0.306 e. The molecular weight excluding hydrogens is 246 g/mol. The second-order valence-electron chi connectivity index (χ2n) is 3.37. The molecule has 0 spiro atoms. The molecule has 0 unspecified atom stereocenters. The van der Waals surface area contributed by atoms with Crippen LogP contribution < -0.4 is 4.72 Å². The highest BCUT2D eigenvalue weighted by Gasteiger charge is 2.12. The van der Waals surface area contributed by atoms with Crippen LogP contribution in [-0.2, 0) is 26.0 Å². The zero-order valence-electron chi connectivity index (χ0n) is 9.47. The Morgan fingerprint density at radius 2 is 2.35 bits per heavy atom. The van der Waals surface area contributed by atoms with Gasteiger partial charge in [0.2, 0.25) is 10.0 Å². The fourth-order valence-corrected chi connectivity index (χ4v) is 2.15. The van der Waals surface area contributed by atoms with Crippen LogP contribution in [0.1, 0.15) is 12.1 Å². The van der Waals surface area contributed by atoms with Gasteiger partial charge in [-0.2, -0.15) is 0 Å². The SMILES string of the molecule is COC(=O)CCS(=O)(=O)NCCc1cnc[nH]1. The van der Waals surface area contributed by atoms with Gasteiger partial charge in [-0.3, -0.25) is 4.79 Å². The summed E-state index contributed by atoms with van der Waals surface area (Å²) in [7, 11) is -2.20. The molecule has 0 saturated carbocycles. The molecule has 0 bridgehead atoms. The summed E-state index contributed by atoms with van der Waals surface area (Å²) in [5.74, 6) is -0.799. The lowest BCUT2D eigenvalue weighted by molar-refractivity contribution is -0.140. The van der Waals surface area contributed by atoms with Crippen LogP contribution in [0, 0.1) is 0 Å². The van der Waals surface area contributed by atoms with E-state index >= 15 is 0 Å². The van der Waals surface area contributed by atoms with Gasteiger partial charge in [0.15, 0.2) is 0 Å². The number of hydrogen-bond acceptors (Lipinski definition) is 5. The number of nitrogens with zero attached hydrogens (tertiary/aromatic N) is 1. The van der Waals surface area contributed by atoms with E-state index in [2.05, 4.69) is 19.4 Å². The number of nitrogens with one attached hydrogen (secondary N) is 2. The van der Waals surface area contributed by atoms with E-state index in [4.69, 9.17) is 0 Å². The van der Waals surface area contributed by atoms with E-state index < -0.39 is 16.0 Å². The summed E-state index contributed by atoms with van der Waals surface area (Å²) < 4.78 is 29.6. The van der Waals surface area contributed by atoms with Crippen molar-refractivity contribution in [1.29, 1.82) is 0 Å². The van der Waals surface area contributed by atoms with Crippen LogP contribution in [0.5, 0.6) is 0 Å². The number of esters is 1. The van der Waals surface area contributed by atoms with E-state index in [0.717, 1.165) is 5.69 Å².